The predicted molar refractivity (Wildman–Crippen MR) is 107 cm³/mol. The van der Waals surface area contributed by atoms with Crippen LogP contribution in [0.15, 0.2) is 65.7 Å². The highest BCUT2D eigenvalue weighted by Gasteiger charge is 2.12. The fraction of sp³-hybridized carbons (Fsp3) is 0.286. The van der Waals surface area contributed by atoms with E-state index in [0.717, 1.165) is 11.1 Å². The van der Waals surface area contributed by atoms with E-state index in [1.54, 1.807) is 0 Å². The zero-order chi connectivity index (χ0) is 20.2. The van der Waals surface area contributed by atoms with Crippen molar-refractivity contribution in [3.05, 3.63) is 71.8 Å². The van der Waals surface area contributed by atoms with Crippen molar-refractivity contribution in [3.63, 3.8) is 0 Å². The van der Waals surface area contributed by atoms with Gasteiger partial charge < -0.3 is 9.47 Å². The molecule has 0 aromatic heterocycles. The molecule has 2 N–H and O–H groups in total. The van der Waals surface area contributed by atoms with Gasteiger partial charge in [0.2, 0.25) is 5.96 Å². The number of guanidine groups is 1. The molecule has 0 atom stereocenters. The molecule has 0 unspecified atom stereocenters. The molecule has 7 nitrogen and oxygen atoms in total. The van der Waals surface area contributed by atoms with E-state index >= 15 is 0 Å². The molecule has 0 aliphatic carbocycles. The summed E-state index contributed by atoms with van der Waals surface area (Å²) in [7, 11) is 0. The van der Waals surface area contributed by atoms with Crippen molar-refractivity contribution in [2.24, 2.45) is 10.9 Å². The molecule has 0 radical (unpaired) electrons. The first-order valence-corrected chi connectivity index (χ1v) is 9.03. The second kappa shape index (κ2) is 11.4. The Bertz CT molecular complexity index is 717. The molecule has 0 fully saturated rings. The van der Waals surface area contributed by atoms with Gasteiger partial charge in [0.05, 0.1) is 0 Å². The average molecular weight is 383 g/mol. The number of rotatable bonds is 6. The summed E-state index contributed by atoms with van der Waals surface area (Å²) < 4.78 is 10.3. The molecule has 2 aromatic carbocycles. The van der Waals surface area contributed by atoms with Crippen molar-refractivity contribution in [1.82, 2.24) is 10.6 Å². The molecule has 2 amide bonds. The maximum atomic E-state index is 12.0. The van der Waals surface area contributed by atoms with E-state index in [1.807, 2.05) is 74.5 Å². The van der Waals surface area contributed by atoms with Gasteiger partial charge in [-0.25, -0.2) is 9.59 Å². The summed E-state index contributed by atoms with van der Waals surface area (Å²) in [5.74, 6) is 0.240. The molecule has 7 heteroatoms. The van der Waals surface area contributed by atoms with E-state index in [9.17, 15) is 9.59 Å². The van der Waals surface area contributed by atoms with Crippen LogP contribution < -0.4 is 10.6 Å². The fourth-order valence-corrected chi connectivity index (χ4v) is 2.10. The summed E-state index contributed by atoms with van der Waals surface area (Å²) in [4.78, 5) is 28.3. The number of carbonyl (C=O) groups is 2. The second-order valence-corrected chi connectivity index (χ2v) is 6.46. The smallest absolute Gasteiger partial charge is 0.414 e. The number of nitrogens with one attached hydrogen (secondary N) is 2. The minimum absolute atomic E-state index is 0.00942. The Morgan fingerprint density at radius 1 is 0.821 bits per heavy atom. The number of carbonyl (C=O) groups excluding carboxylic acids is 2. The number of benzene rings is 2. The topological polar surface area (TPSA) is 89.0 Å². The lowest BCUT2D eigenvalue weighted by Gasteiger charge is -2.12. The molecule has 0 aliphatic heterocycles. The summed E-state index contributed by atoms with van der Waals surface area (Å²) in [5, 5.41) is 4.90. The van der Waals surface area contributed by atoms with Crippen LogP contribution in [-0.4, -0.2) is 24.7 Å². The molecule has 28 heavy (non-hydrogen) atoms. The highest BCUT2D eigenvalue weighted by molar-refractivity contribution is 6.01. The van der Waals surface area contributed by atoms with Crippen LogP contribution in [0.5, 0.6) is 0 Å². The number of nitrogens with zero attached hydrogens (tertiary/aromatic N) is 1. The lowest BCUT2D eigenvalue weighted by atomic mass is 10.2. The molecule has 0 aliphatic rings. The molecule has 0 saturated carbocycles. The Morgan fingerprint density at radius 3 is 1.64 bits per heavy atom. The van der Waals surface area contributed by atoms with Gasteiger partial charge in [0.15, 0.2) is 0 Å². The van der Waals surface area contributed by atoms with Crippen molar-refractivity contribution >= 4 is 18.1 Å². The van der Waals surface area contributed by atoms with E-state index in [1.165, 1.54) is 0 Å². The van der Waals surface area contributed by atoms with Gasteiger partial charge in [-0.05, 0) is 17.0 Å². The highest BCUT2D eigenvalue weighted by Crippen LogP contribution is 2.02. The molecule has 0 saturated heterocycles. The predicted octanol–water partition coefficient (Wildman–Crippen LogP) is 3.85. The standard InChI is InChI=1S/C21H25N3O4/c1-16(2)13-22-19(23-20(25)27-14-17-9-5-3-6-10-17)24-21(26)28-15-18-11-7-4-8-12-18/h3-12,16H,13-15H2,1-2H3,(H2,22,23,24,25,26). The molecular formula is C21H25N3O4. The van der Waals surface area contributed by atoms with E-state index in [-0.39, 0.29) is 25.1 Å². The van der Waals surface area contributed by atoms with Gasteiger partial charge >= 0.3 is 12.2 Å². The zero-order valence-electron chi connectivity index (χ0n) is 16.1. The van der Waals surface area contributed by atoms with Crippen LogP contribution in [0, 0.1) is 5.92 Å². The monoisotopic (exact) mass is 383 g/mol. The first kappa shape index (κ1) is 21.0. The van der Waals surface area contributed by atoms with Gasteiger partial charge in [-0.1, -0.05) is 74.5 Å². The summed E-state index contributed by atoms with van der Waals surface area (Å²) >= 11 is 0. The molecule has 0 bridgehead atoms. The molecule has 0 heterocycles. The third-order valence-electron chi connectivity index (χ3n) is 3.48. The summed E-state index contributed by atoms with van der Waals surface area (Å²) in [6.45, 7) is 4.60. The number of alkyl carbamates (subject to hydrolysis) is 2. The largest absolute Gasteiger partial charge is 0.444 e. The number of amides is 2. The van der Waals surface area contributed by atoms with Gasteiger partial charge in [0, 0.05) is 6.54 Å². The van der Waals surface area contributed by atoms with E-state index in [0.29, 0.717) is 6.54 Å². The van der Waals surface area contributed by atoms with Crippen LogP contribution in [0.25, 0.3) is 0 Å². The first-order chi connectivity index (χ1) is 13.5. The maximum Gasteiger partial charge on any atom is 0.414 e. The summed E-state index contributed by atoms with van der Waals surface area (Å²) in [5.41, 5.74) is 1.71. The van der Waals surface area contributed by atoms with Gasteiger partial charge in [-0.3, -0.25) is 15.6 Å². The molecule has 0 spiro atoms. The van der Waals surface area contributed by atoms with Crippen LogP contribution >= 0.6 is 0 Å². The van der Waals surface area contributed by atoms with Gasteiger partial charge in [0.25, 0.3) is 0 Å². The van der Waals surface area contributed by atoms with Crippen LogP contribution in [0.3, 0.4) is 0 Å². The SMILES string of the molecule is CC(C)CN=C(NC(=O)OCc1ccccc1)NC(=O)OCc1ccccc1. The molecule has 2 aromatic rings. The van der Waals surface area contributed by atoms with Crippen molar-refractivity contribution in [1.29, 1.82) is 0 Å². The Hall–Kier alpha value is -3.35. The first-order valence-electron chi connectivity index (χ1n) is 9.03. The van der Waals surface area contributed by atoms with Gasteiger partial charge in [-0.2, -0.15) is 0 Å². The normalized spacial score (nSPS) is 10.1. The van der Waals surface area contributed by atoms with Crippen LogP contribution in [0.2, 0.25) is 0 Å². The summed E-state index contributed by atoms with van der Waals surface area (Å²) in [6.07, 6.45) is -1.43. The zero-order valence-corrected chi connectivity index (χ0v) is 16.1. The Morgan fingerprint density at radius 2 is 1.25 bits per heavy atom. The molecule has 148 valence electrons. The van der Waals surface area contributed by atoms with Crippen LogP contribution in [0.4, 0.5) is 9.59 Å². The van der Waals surface area contributed by atoms with E-state index in [4.69, 9.17) is 9.47 Å². The molecular weight excluding hydrogens is 358 g/mol. The van der Waals surface area contributed by atoms with Crippen molar-refractivity contribution < 1.29 is 19.1 Å². The van der Waals surface area contributed by atoms with Crippen molar-refractivity contribution in [2.45, 2.75) is 27.1 Å². The van der Waals surface area contributed by atoms with Crippen molar-refractivity contribution in [3.8, 4) is 0 Å². The quantitative estimate of drug-likeness (QED) is 0.586. The molecule has 2 rings (SSSR count). The number of hydrogen-bond acceptors (Lipinski definition) is 5. The summed E-state index contributed by atoms with van der Waals surface area (Å²) in [6, 6.07) is 18.6. The Kier molecular flexibility index (Phi) is 8.52. The van der Waals surface area contributed by atoms with Crippen LogP contribution in [-0.2, 0) is 22.7 Å². The minimum Gasteiger partial charge on any atom is -0.444 e. The second-order valence-electron chi connectivity index (χ2n) is 6.46. The maximum absolute atomic E-state index is 12.0. The number of hydrogen-bond donors (Lipinski definition) is 2. The van der Waals surface area contributed by atoms with Gasteiger partial charge in [0.1, 0.15) is 13.2 Å². The van der Waals surface area contributed by atoms with E-state index in [2.05, 4.69) is 15.6 Å². The highest BCUT2D eigenvalue weighted by atomic mass is 16.6. The Labute approximate surface area is 164 Å². The fourth-order valence-electron chi connectivity index (χ4n) is 2.10. The van der Waals surface area contributed by atoms with Crippen LogP contribution in [0.1, 0.15) is 25.0 Å². The lowest BCUT2D eigenvalue weighted by molar-refractivity contribution is 0.141. The third kappa shape index (κ3) is 8.35. The van der Waals surface area contributed by atoms with Gasteiger partial charge in [-0.15, -0.1) is 0 Å². The van der Waals surface area contributed by atoms with E-state index < -0.39 is 12.2 Å². The minimum atomic E-state index is -0.713. The average Bonchev–Trinajstić information content (AvgIpc) is 2.70. The van der Waals surface area contributed by atoms with Crippen molar-refractivity contribution in [2.75, 3.05) is 6.54 Å². The Balaban J connectivity index is 1.86. The lowest BCUT2D eigenvalue weighted by Crippen LogP contribution is -2.44. The number of aliphatic imine (C=N–C) groups is 1. The third-order valence-corrected chi connectivity index (χ3v) is 3.48. The number of ether oxygens (including phenoxy) is 2.